The summed E-state index contributed by atoms with van der Waals surface area (Å²) in [5.74, 6) is 0. The molecular weight excluding hydrogens is 689 g/mol. The van der Waals surface area contributed by atoms with E-state index in [1.807, 2.05) is 22.7 Å². The average molecular weight is 719 g/mol. The summed E-state index contributed by atoms with van der Waals surface area (Å²) in [7, 11) is 0. The summed E-state index contributed by atoms with van der Waals surface area (Å²) < 4.78 is 5.43. The van der Waals surface area contributed by atoms with E-state index in [-0.39, 0.29) is 0 Å². The van der Waals surface area contributed by atoms with Crippen molar-refractivity contribution in [1.82, 2.24) is 0 Å². The molecule has 54 heavy (non-hydrogen) atoms. The van der Waals surface area contributed by atoms with Gasteiger partial charge in [-0.2, -0.15) is 0 Å². The first-order valence-electron chi connectivity index (χ1n) is 18.5. The van der Waals surface area contributed by atoms with Crippen molar-refractivity contribution in [2.75, 3.05) is 0 Å². The molecule has 12 rings (SSSR count). The molecule has 0 fully saturated rings. The minimum absolute atomic E-state index is 1.24. The molecule has 0 N–H and O–H groups in total. The van der Waals surface area contributed by atoms with Crippen LogP contribution in [-0.4, -0.2) is 0 Å². The quantitative estimate of drug-likeness (QED) is 0.160. The Balaban J connectivity index is 1.10. The maximum absolute atomic E-state index is 2.45. The molecule has 0 aliphatic rings. The van der Waals surface area contributed by atoms with Crippen LogP contribution in [0.3, 0.4) is 0 Å². The Morgan fingerprint density at radius 1 is 0.241 bits per heavy atom. The van der Waals surface area contributed by atoms with Crippen molar-refractivity contribution < 1.29 is 0 Å². The van der Waals surface area contributed by atoms with E-state index in [0.717, 1.165) is 0 Å². The Bertz CT molecular complexity index is 3430. The van der Waals surface area contributed by atoms with Gasteiger partial charge in [0.15, 0.2) is 0 Å². The maximum atomic E-state index is 2.45. The lowest BCUT2D eigenvalue weighted by Gasteiger charge is -2.19. The Morgan fingerprint density at radius 3 is 1.31 bits per heavy atom. The number of hydrogen-bond acceptors (Lipinski definition) is 2. The van der Waals surface area contributed by atoms with Crippen LogP contribution in [0, 0.1) is 0 Å². The van der Waals surface area contributed by atoms with Gasteiger partial charge < -0.3 is 0 Å². The molecule has 2 aromatic heterocycles. The SMILES string of the molecule is c1ccc(-c2ccc(-c3c4ccccc4c(-c4ccc5sc6c(ccc7c6ccc6c8ccccc8sc67)c5c4)c4ccccc34)c3ccccc23)cc1. The van der Waals surface area contributed by atoms with Gasteiger partial charge in [0.25, 0.3) is 0 Å². The highest BCUT2D eigenvalue weighted by atomic mass is 32.1. The van der Waals surface area contributed by atoms with Crippen molar-refractivity contribution in [2.24, 2.45) is 0 Å². The Labute approximate surface area is 319 Å². The molecule has 0 aliphatic carbocycles. The molecule has 0 saturated heterocycles. The molecule has 0 nitrogen and oxygen atoms in total. The predicted octanol–water partition coefficient (Wildman–Crippen LogP) is 16.0. The lowest BCUT2D eigenvalue weighted by Crippen LogP contribution is -1.92. The maximum Gasteiger partial charge on any atom is 0.0434 e. The van der Waals surface area contributed by atoms with Crippen molar-refractivity contribution in [3.63, 3.8) is 0 Å². The summed E-state index contributed by atoms with van der Waals surface area (Å²) in [5, 5.41) is 15.7. The number of thiophene rings is 2. The fourth-order valence-corrected chi connectivity index (χ4v) is 11.5. The van der Waals surface area contributed by atoms with Crippen molar-refractivity contribution in [3.8, 4) is 33.4 Å². The smallest absolute Gasteiger partial charge is 0.0434 e. The highest BCUT2D eigenvalue weighted by molar-refractivity contribution is 7.28. The van der Waals surface area contributed by atoms with Crippen LogP contribution in [0.15, 0.2) is 182 Å². The van der Waals surface area contributed by atoms with Crippen LogP contribution in [-0.2, 0) is 0 Å². The molecule has 0 spiro atoms. The van der Waals surface area contributed by atoms with Gasteiger partial charge >= 0.3 is 0 Å². The summed E-state index contributed by atoms with van der Waals surface area (Å²) in [5.41, 5.74) is 7.61. The van der Waals surface area contributed by atoms with E-state index in [1.54, 1.807) is 0 Å². The fraction of sp³-hybridized carbons (Fsp3) is 0. The van der Waals surface area contributed by atoms with Crippen molar-refractivity contribution in [3.05, 3.63) is 182 Å². The van der Waals surface area contributed by atoms with E-state index < -0.39 is 0 Å². The van der Waals surface area contributed by atoms with Gasteiger partial charge in [-0.1, -0.05) is 164 Å². The van der Waals surface area contributed by atoms with Gasteiger partial charge in [-0.05, 0) is 83.9 Å². The molecule has 0 radical (unpaired) electrons. The first kappa shape index (κ1) is 30.2. The number of benzene rings is 10. The van der Waals surface area contributed by atoms with Crippen LogP contribution in [0.1, 0.15) is 0 Å². The number of hydrogen-bond donors (Lipinski definition) is 0. The van der Waals surface area contributed by atoms with Crippen LogP contribution in [0.5, 0.6) is 0 Å². The van der Waals surface area contributed by atoms with E-state index in [0.29, 0.717) is 0 Å². The molecule has 2 heterocycles. The predicted molar refractivity (Wildman–Crippen MR) is 239 cm³/mol. The average Bonchev–Trinajstić information content (AvgIpc) is 3.81. The van der Waals surface area contributed by atoms with E-state index in [4.69, 9.17) is 0 Å². The monoisotopic (exact) mass is 718 g/mol. The Hall–Kier alpha value is -6.32. The molecule has 0 amide bonds. The molecule has 0 unspecified atom stereocenters. The summed E-state index contributed by atoms with van der Waals surface area (Å²) in [4.78, 5) is 0. The molecule has 250 valence electrons. The van der Waals surface area contributed by atoms with Gasteiger partial charge in [0, 0.05) is 51.1 Å². The highest BCUT2D eigenvalue weighted by Crippen LogP contribution is 2.49. The molecule has 0 atom stereocenters. The lowest BCUT2D eigenvalue weighted by molar-refractivity contribution is 1.64. The molecule has 0 bridgehead atoms. The van der Waals surface area contributed by atoms with Crippen molar-refractivity contribution >= 4 is 106 Å². The van der Waals surface area contributed by atoms with E-state index in [2.05, 4.69) is 182 Å². The third-order valence-corrected chi connectivity index (χ3v) is 13.9. The van der Waals surface area contributed by atoms with E-state index in [1.165, 1.54) is 117 Å². The van der Waals surface area contributed by atoms with Crippen molar-refractivity contribution in [1.29, 1.82) is 0 Å². The molecule has 10 aromatic carbocycles. The van der Waals surface area contributed by atoms with Crippen LogP contribution in [0.2, 0.25) is 0 Å². The second-order valence-corrected chi connectivity index (χ2v) is 16.4. The van der Waals surface area contributed by atoms with E-state index in [9.17, 15) is 0 Å². The third kappa shape index (κ3) is 4.30. The normalized spacial score (nSPS) is 12.1. The molecular formula is C52H30S2. The zero-order valence-corrected chi connectivity index (χ0v) is 30.8. The second-order valence-electron chi connectivity index (χ2n) is 14.3. The summed E-state index contributed by atoms with van der Waals surface area (Å²) in [6, 6.07) is 67.7. The first-order chi connectivity index (χ1) is 26.8. The molecule has 0 aliphatic heterocycles. The molecule has 0 saturated carbocycles. The van der Waals surface area contributed by atoms with Crippen LogP contribution in [0.25, 0.3) is 117 Å². The molecule has 12 aromatic rings. The first-order valence-corrected chi connectivity index (χ1v) is 20.1. The van der Waals surface area contributed by atoms with Gasteiger partial charge in [-0.25, -0.2) is 0 Å². The standard InChI is InChI=1S/C52H30S2/c1-2-12-31(13-3-1)33-23-24-41(35-15-5-4-14-34(33)35)50-39-19-8-6-17-37(39)49(38-18-7-9-20-40(38)50)32-22-29-48-46(30-32)45-28-27-43-44(52(45)54-48)26-25-42-36-16-10-11-21-47(36)53-51(42)43/h1-30H. The largest absolute Gasteiger partial charge is 0.135 e. The van der Waals surface area contributed by atoms with Gasteiger partial charge in [0.05, 0.1) is 0 Å². The van der Waals surface area contributed by atoms with Crippen LogP contribution in [0.4, 0.5) is 0 Å². The van der Waals surface area contributed by atoms with Crippen LogP contribution >= 0.6 is 22.7 Å². The van der Waals surface area contributed by atoms with Gasteiger partial charge in [0.2, 0.25) is 0 Å². The third-order valence-electron chi connectivity index (χ3n) is 11.5. The Kier molecular flexibility index (Phi) is 6.48. The topological polar surface area (TPSA) is 0 Å². The minimum Gasteiger partial charge on any atom is -0.135 e. The number of rotatable bonds is 3. The second kappa shape index (κ2) is 11.6. The summed E-state index contributed by atoms with van der Waals surface area (Å²) >= 11 is 3.84. The summed E-state index contributed by atoms with van der Waals surface area (Å²) in [6.45, 7) is 0. The number of fused-ring (bicyclic) bond motifs is 12. The van der Waals surface area contributed by atoms with Gasteiger partial charge in [0.1, 0.15) is 0 Å². The molecule has 2 heteroatoms. The zero-order chi connectivity index (χ0) is 35.3. The van der Waals surface area contributed by atoms with Crippen LogP contribution < -0.4 is 0 Å². The van der Waals surface area contributed by atoms with Gasteiger partial charge in [-0.15, -0.1) is 22.7 Å². The minimum atomic E-state index is 1.24. The highest BCUT2D eigenvalue weighted by Gasteiger charge is 2.20. The van der Waals surface area contributed by atoms with Gasteiger partial charge in [-0.3, -0.25) is 0 Å². The van der Waals surface area contributed by atoms with Crippen molar-refractivity contribution in [2.45, 2.75) is 0 Å². The fourth-order valence-electron chi connectivity index (χ4n) is 9.09. The summed E-state index contributed by atoms with van der Waals surface area (Å²) in [6.07, 6.45) is 0. The lowest BCUT2D eigenvalue weighted by atomic mass is 9.83. The Morgan fingerprint density at radius 2 is 0.685 bits per heavy atom. The zero-order valence-electron chi connectivity index (χ0n) is 29.1. The van der Waals surface area contributed by atoms with E-state index >= 15 is 0 Å².